The van der Waals surface area contributed by atoms with Crippen molar-refractivity contribution >= 4 is 27.3 Å². The Morgan fingerprint density at radius 3 is 2.79 bits per heavy atom. The van der Waals surface area contributed by atoms with Crippen molar-refractivity contribution in [3.05, 3.63) is 17.0 Å². The summed E-state index contributed by atoms with van der Waals surface area (Å²) in [6, 6.07) is 3.39. The number of likely N-dealkylation sites (tertiary alicyclic amines) is 1. The zero-order valence-electron chi connectivity index (χ0n) is 10.9. The number of thiophene rings is 1. The van der Waals surface area contributed by atoms with Gasteiger partial charge in [-0.25, -0.2) is 13.1 Å². The SMILES string of the molecule is Cc1ccc(S(=O)(=O)NCCN2CCCCC2=O)s1. The smallest absolute Gasteiger partial charge is 0.250 e. The number of aryl methyl sites for hydroxylation is 1. The molecule has 1 fully saturated rings. The molecule has 0 radical (unpaired) electrons. The number of nitrogens with zero attached hydrogens (tertiary/aromatic N) is 1. The number of rotatable bonds is 5. The summed E-state index contributed by atoms with van der Waals surface area (Å²) >= 11 is 1.25. The molecule has 0 spiro atoms. The highest BCUT2D eigenvalue weighted by atomic mass is 32.2. The average Bonchev–Trinajstić information content (AvgIpc) is 2.79. The number of piperidine rings is 1. The molecule has 1 saturated heterocycles. The minimum absolute atomic E-state index is 0.123. The highest BCUT2D eigenvalue weighted by Gasteiger charge is 2.19. The summed E-state index contributed by atoms with van der Waals surface area (Å²) in [5, 5.41) is 0. The van der Waals surface area contributed by atoms with E-state index in [1.54, 1.807) is 17.0 Å². The second-order valence-electron chi connectivity index (χ2n) is 4.60. The van der Waals surface area contributed by atoms with Crippen molar-refractivity contribution in [1.29, 1.82) is 0 Å². The van der Waals surface area contributed by atoms with E-state index in [4.69, 9.17) is 0 Å². The number of nitrogens with one attached hydrogen (secondary N) is 1. The van der Waals surface area contributed by atoms with E-state index in [2.05, 4.69) is 4.72 Å². The summed E-state index contributed by atoms with van der Waals surface area (Å²) in [5.74, 6) is 0.123. The highest BCUT2D eigenvalue weighted by molar-refractivity contribution is 7.91. The lowest BCUT2D eigenvalue weighted by atomic mass is 10.1. The Balaban J connectivity index is 1.86. The minimum Gasteiger partial charge on any atom is -0.341 e. The summed E-state index contributed by atoms with van der Waals surface area (Å²) < 4.78 is 26.8. The van der Waals surface area contributed by atoms with Gasteiger partial charge in [-0.2, -0.15) is 0 Å². The van der Waals surface area contributed by atoms with Crippen molar-refractivity contribution in [3.8, 4) is 0 Å². The van der Waals surface area contributed by atoms with Crippen molar-refractivity contribution in [2.45, 2.75) is 30.4 Å². The van der Waals surface area contributed by atoms with Gasteiger partial charge in [0.1, 0.15) is 4.21 Å². The van der Waals surface area contributed by atoms with Crippen molar-refractivity contribution in [3.63, 3.8) is 0 Å². The van der Waals surface area contributed by atoms with Crippen molar-refractivity contribution in [1.82, 2.24) is 9.62 Å². The minimum atomic E-state index is -3.43. The van der Waals surface area contributed by atoms with Crippen LogP contribution in [0.25, 0.3) is 0 Å². The molecule has 1 aliphatic heterocycles. The average molecular weight is 302 g/mol. The molecule has 1 amide bonds. The van der Waals surface area contributed by atoms with Crippen LogP contribution in [0.2, 0.25) is 0 Å². The van der Waals surface area contributed by atoms with Crippen LogP contribution in [0, 0.1) is 6.92 Å². The first-order chi connectivity index (χ1) is 8.99. The second-order valence-corrected chi connectivity index (χ2v) is 7.88. The van der Waals surface area contributed by atoms with Crippen LogP contribution < -0.4 is 4.72 Å². The Hall–Kier alpha value is -0.920. The Morgan fingerprint density at radius 2 is 2.16 bits per heavy atom. The molecule has 0 unspecified atom stereocenters. The molecule has 0 saturated carbocycles. The van der Waals surface area contributed by atoms with Gasteiger partial charge in [-0.3, -0.25) is 4.79 Å². The zero-order chi connectivity index (χ0) is 13.9. The number of amides is 1. The van der Waals surface area contributed by atoms with Gasteiger partial charge in [0.25, 0.3) is 0 Å². The van der Waals surface area contributed by atoms with E-state index in [0.717, 1.165) is 24.3 Å². The van der Waals surface area contributed by atoms with Gasteiger partial charge in [-0.1, -0.05) is 0 Å². The van der Waals surface area contributed by atoms with Gasteiger partial charge in [-0.05, 0) is 31.9 Å². The molecular formula is C12H18N2O3S2. The van der Waals surface area contributed by atoms with E-state index in [0.29, 0.717) is 17.2 Å². The Bertz CT molecular complexity index is 551. The third-order valence-electron chi connectivity index (χ3n) is 3.08. The summed E-state index contributed by atoms with van der Waals surface area (Å²) in [6.07, 6.45) is 2.52. The first-order valence-electron chi connectivity index (χ1n) is 6.33. The van der Waals surface area contributed by atoms with Gasteiger partial charge < -0.3 is 4.90 Å². The lowest BCUT2D eigenvalue weighted by molar-refractivity contribution is -0.133. The van der Waals surface area contributed by atoms with Crippen LogP contribution in [-0.2, 0) is 14.8 Å². The van der Waals surface area contributed by atoms with Crippen LogP contribution in [0.5, 0.6) is 0 Å². The van der Waals surface area contributed by atoms with Crippen LogP contribution in [-0.4, -0.2) is 38.9 Å². The summed E-state index contributed by atoms with van der Waals surface area (Å²) in [4.78, 5) is 14.3. The molecule has 5 nitrogen and oxygen atoms in total. The van der Waals surface area contributed by atoms with Gasteiger partial charge in [0.15, 0.2) is 0 Å². The van der Waals surface area contributed by atoms with Crippen LogP contribution in [0.15, 0.2) is 16.3 Å². The normalized spacial score (nSPS) is 16.9. The van der Waals surface area contributed by atoms with E-state index in [-0.39, 0.29) is 12.5 Å². The fourth-order valence-electron chi connectivity index (χ4n) is 2.04. The predicted octanol–water partition coefficient (Wildman–Crippen LogP) is 1.35. The maximum atomic E-state index is 12.0. The molecular weight excluding hydrogens is 284 g/mol. The molecule has 106 valence electrons. The number of hydrogen-bond acceptors (Lipinski definition) is 4. The van der Waals surface area contributed by atoms with Gasteiger partial charge >= 0.3 is 0 Å². The molecule has 0 atom stereocenters. The molecule has 1 N–H and O–H groups in total. The molecule has 2 rings (SSSR count). The highest BCUT2D eigenvalue weighted by Crippen LogP contribution is 2.20. The second kappa shape index (κ2) is 6.02. The van der Waals surface area contributed by atoms with Crippen molar-refractivity contribution in [2.75, 3.05) is 19.6 Å². The third-order valence-corrected chi connectivity index (χ3v) is 6.03. The molecule has 1 aromatic rings. The monoisotopic (exact) mass is 302 g/mol. The van der Waals surface area contributed by atoms with Crippen molar-refractivity contribution < 1.29 is 13.2 Å². The zero-order valence-corrected chi connectivity index (χ0v) is 12.5. The van der Waals surface area contributed by atoms with Crippen LogP contribution in [0.3, 0.4) is 0 Å². The molecule has 0 aliphatic carbocycles. The largest absolute Gasteiger partial charge is 0.341 e. The van der Waals surface area contributed by atoms with Gasteiger partial charge in [0, 0.05) is 30.9 Å². The molecule has 1 aromatic heterocycles. The van der Waals surface area contributed by atoms with E-state index >= 15 is 0 Å². The Morgan fingerprint density at radius 1 is 1.37 bits per heavy atom. The number of carbonyl (C=O) groups is 1. The first kappa shape index (κ1) is 14.5. The fourth-order valence-corrected chi connectivity index (χ4v) is 4.39. The van der Waals surface area contributed by atoms with Crippen LogP contribution in [0.4, 0.5) is 0 Å². The van der Waals surface area contributed by atoms with E-state index in [1.165, 1.54) is 11.3 Å². The number of carbonyl (C=O) groups excluding carboxylic acids is 1. The Kier molecular flexibility index (Phi) is 4.59. The first-order valence-corrected chi connectivity index (χ1v) is 8.63. The van der Waals surface area contributed by atoms with Crippen LogP contribution in [0.1, 0.15) is 24.1 Å². The fraction of sp³-hybridized carbons (Fsp3) is 0.583. The van der Waals surface area contributed by atoms with Gasteiger partial charge in [-0.15, -0.1) is 11.3 Å². The molecule has 19 heavy (non-hydrogen) atoms. The van der Waals surface area contributed by atoms with Gasteiger partial charge in [0.05, 0.1) is 0 Å². The van der Waals surface area contributed by atoms with E-state index < -0.39 is 10.0 Å². The lowest BCUT2D eigenvalue weighted by Crippen LogP contribution is -2.40. The number of sulfonamides is 1. The quantitative estimate of drug-likeness (QED) is 0.893. The number of hydrogen-bond donors (Lipinski definition) is 1. The lowest BCUT2D eigenvalue weighted by Gasteiger charge is -2.26. The molecule has 0 bridgehead atoms. The summed E-state index contributed by atoms with van der Waals surface area (Å²) in [7, 11) is -3.43. The maximum Gasteiger partial charge on any atom is 0.250 e. The third kappa shape index (κ3) is 3.77. The molecule has 7 heteroatoms. The predicted molar refractivity (Wildman–Crippen MR) is 74.7 cm³/mol. The Labute approximate surface area is 117 Å². The van der Waals surface area contributed by atoms with E-state index in [1.807, 2.05) is 6.92 Å². The van der Waals surface area contributed by atoms with E-state index in [9.17, 15) is 13.2 Å². The molecule has 2 heterocycles. The summed E-state index contributed by atoms with van der Waals surface area (Å²) in [5.41, 5.74) is 0. The topological polar surface area (TPSA) is 66.5 Å². The standard InChI is InChI=1S/C12H18N2O3S2/c1-10-5-6-12(18-10)19(16,17)13-7-9-14-8-3-2-4-11(14)15/h5-6,13H,2-4,7-9H2,1H3. The molecule has 1 aliphatic rings. The molecule has 0 aromatic carbocycles. The maximum absolute atomic E-state index is 12.0. The van der Waals surface area contributed by atoms with Crippen LogP contribution >= 0.6 is 11.3 Å². The summed E-state index contributed by atoms with van der Waals surface area (Å²) in [6.45, 7) is 3.32. The van der Waals surface area contributed by atoms with Crippen molar-refractivity contribution in [2.24, 2.45) is 0 Å². The van der Waals surface area contributed by atoms with Gasteiger partial charge in [0.2, 0.25) is 15.9 Å².